The third-order valence-electron chi connectivity index (χ3n) is 3.69. The first kappa shape index (κ1) is 15.2. The molecule has 0 aliphatic carbocycles. The summed E-state index contributed by atoms with van der Waals surface area (Å²) >= 11 is 0. The normalized spacial score (nSPS) is 12.4. The minimum absolute atomic E-state index is 0.0873. The van der Waals surface area contributed by atoms with E-state index in [1.807, 2.05) is 26.0 Å². The van der Waals surface area contributed by atoms with Gasteiger partial charge in [-0.25, -0.2) is 0 Å². The van der Waals surface area contributed by atoms with Crippen molar-refractivity contribution in [1.82, 2.24) is 15.3 Å². The number of aromatic amines is 1. The van der Waals surface area contributed by atoms with Crippen molar-refractivity contribution in [3.05, 3.63) is 29.1 Å². The SMILES string of the molecule is CNC(=O)c1[nH]c2ccc(C)nc2c1[C@H](C)CCC(C)=O. The molecule has 0 unspecified atom stereocenters. The number of rotatable bonds is 5. The summed E-state index contributed by atoms with van der Waals surface area (Å²) in [6.45, 7) is 5.54. The van der Waals surface area contributed by atoms with Crippen molar-refractivity contribution in [2.24, 2.45) is 0 Å². The Morgan fingerprint density at radius 2 is 2.10 bits per heavy atom. The van der Waals surface area contributed by atoms with Gasteiger partial charge in [-0.15, -0.1) is 0 Å². The highest BCUT2D eigenvalue weighted by Gasteiger charge is 2.22. The zero-order valence-corrected chi connectivity index (χ0v) is 12.9. The van der Waals surface area contributed by atoms with Gasteiger partial charge in [0, 0.05) is 24.7 Å². The van der Waals surface area contributed by atoms with E-state index in [4.69, 9.17) is 0 Å². The second-order valence-corrected chi connectivity index (χ2v) is 5.48. The predicted molar refractivity (Wildman–Crippen MR) is 82.6 cm³/mol. The van der Waals surface area contributed by atoms with Crippen LogP contribution in [0.1, 0.15) is 54.4 Å². The van der Waals surface area contributed by atoms with Crippen LogP contribution in [-0.4, -0.2) is 28.7 Å². The molecule has 21 heavy (non-hydrogen) atoms. The lowest BCUT2D eigenvalue weighted by Gasteiger charge is -2.12. The maximum atomic E-state index is 12.1. The minimum Gasteiger partial charge on any atom is -0.354 e. The van der Waals surface area contributed by atoms with Gasteiger partial charge in [-0.05, 0) is 38.3 Å². The summed E-state index contributed by atoms with van der Waals surface area (Å²) in [7, 11) is 1.61. The first-order chi connectivity index (χ1) is 9.93. The van der Waals surface area contributed by atoms with Crippen LogP contribution >= 0.6 is 0 Å². The summed E-state index contributed by atoms with van der Waals surface area (Å²) in [6.07, 6.45) is 1.22. The molecule has 0 spiro atoms. The second kappa shape index (κ2) is 6.08. The molecule has 0 saturated heterocycles. The van der Waals surface area contributed by atoms with Crippen LogP contribution in [0.3, 0.4) is 0 Å². The van der Waals surface area contributed by atoms with E-state index < -0.39 is 0 Å². The van der Waals surface area contributed by atoms with Crippen LogP contribution < -0.4 is 5.32 Å². The van der Waals surface area contributed by atoms with E-state index in [9.17, 15) is 9.59 Å². The summed E-state index contributed by atoms with van der Waals surface area (Å²) in [5, 5.41) is 2.65. The van der Waals surface area contributed by atoms with Crippen molar-refractivity contribution in [2.45, 2.75) is 39.5 Å². The smallest absolute Gasteiger partial charge is 0.267 e. The van der Waals surface area contributed by atoms with E-state index in [1.54, 1.807) is 14.0 Å². The molecule has 0 aliphatic heterocycles. The van der Waals surface area contributed by atoms with Crippen molar-refractivity contribution in [2.75, 3.05) is 7.05 Å². The Morgan fingerprint density at radius 1 is 1.38 bits per heavy atom. The fraction of sp³-hybridized carbons (Fsp3) is 0.438. The lowest BCUT2D eigenvalue weighted by atomic mass is 9.94. The van der Waals surface area contributed by atoms with Crippen molar-refractivity contribution >= 4 is 22.7 Å². The van der Waals surface area contributed by atoms with E-state index in [-0.39, 0.29) is 17.6 Å². The third-order valence-corrected chi connectivity index (χ3v) is 3.69. The first-order valence-electron chi connectivity index (χ1n) is 7.14. The summed E-state index contributed by atoms with van der Waals surface area (Å²) in [6, 6.07) is 3.85. The molecule has 0 bridgehead atoms. The Labute approximate surface area is 124 Å². The van der Waals surface area contributed by atoms with Crippen molar-refractivity contribution in [1.29, 1.82) is 0 Å². The number of pyridine rings is 1. The molecule has 2 heterocycles. The summed E-state index contributed by atoms with van der Waals surface area (Å²) < 4.78 is 0. The van der Waals surface area contributed by atoms with Gasteiger partial charge >= 0.3 is 0 Å². The number of H-pyrrole nitrogens is 1. The number of hydrogen-bond acceptors (Lipinski definition) is 3. The average molecular weight is 287 g/mol. The van der Waals surface area contributed by atoms with Gasteiger partial charge in [0.25, 0.3) is 5.91 Å². The van der Waals surface area contributed by atoms with E-state index in [0.717, 1.165) is 22.3 Å². The van der Waals surface area contributed by atoms with Gasteiger partial charge in [0.05, 0.1) is 11.0 Å². The molecule has 0 aromatic carbocycles. The zero-order valence-electron chi connectivity index (χ0n) is 12.9. The Bertz CT molecular complexity index is 688. The number of amides is 1. The molecule has 0 fully saturated rings. The van der Waals surface area contributed by atoms with Gasteiger partial charge in [-0.1, -0.05) is 6.92 Å². The number of nitrogens with zero attached hydrogens (tertiary/aromatic N) is 1. The highest BCUT2D eigenvalue weighted by Crippen LogP contribution is 2.31. The van der Waals surface area contributed by atoms with Gasteiger partial charge in [0.1, 0.15) is 11.5 Å². The molecule has 2 N–H and O–H groups in total. The third kappa shape index (κ3) is 3.12. The second-order valence-electron chi connectivity index (χ2n) is 5.48. The van der Waals surface area contributed by atoms with E-state index in [1.165, 1.54) is 0 Å². The van der Waals surface area contributed by atoms with Gasteiger partial charge in [-0.2, -0.15) is 0 Å². The van der Waals surface area contributed by atoms with Gasteiger partial charge in [-0.3, -0.25) is 9.78 Å². The molecule has 112 valence electrons. The summed E-state index contributed by atoms with van der Waals surface area (Å²) in [4.78, 5) is 31.0. The van der Waals surface area contributed by atoms with Gasteiger partial charge in [0.2, 0.25) is 0 Å². The molecule has 0 aliphatic rings. The van der Waals surface area contributed by atoms with Gasteiger partial charge < -0.3 is 15.1 Å². The topological polar surface area (TPSA) is 74.8 Å². The predicted octanol–water partition coefficient (Wildman–Crippen LogP) is 2.70. The zero-order chi connectivity index (χ0) is 15.6. The molecule has 5 heteroatoms. The molecular formula is C16H21N3O2. The molecular weight excluding hydrogens is 266 g/mol. The van der Waals surface area contributed by atoms with Crippen molar-refractivity contribution in [3.8, 4) is 0 Å². The molecule has 0 radical (unpaired) electrons. The van der Waals surface area contributed by atoms with Crippen molar-refractivity contribution in [3.63, 3.8) is 0 Å². The largest absolute Gasteiger partial charge is 0.354 e. The number of carbonyl (C=O) groups is 2. The number of aryl methyl sites for hydroxylation is 1. The monoisotopic (exact) mass is 287 g/mol. The minimum atomic E-state index is -0.157. The van der Waals surface area contributed by atoms with Crippen LogP contribution in [0.4, 0.5) is 0 Å². The van der Waals surface area contributed by atoms with Crippen LogP contribution in [0.5, 0.6) is 0 Å². The number of carbonyl (C=O) groups excluding carboxylic acids is 2. The molecule has 5 nitrogen and oxygen atoms in total. The van der Waals surface area contributed by atoms with Crippen LogP contribution in [0.15, 0.2) is 12.1 Å². The van der Waals surface area contributed by atoms with Crippen LogP contribution in [0.2, 0.25) is 0 Å². The Kier molecular flexibility index (Phi) is 4.40. The number of hydrogen-bond donors (Lipinski definition) is 2. The maximum Gasteiger partial charge on any atom is 0.267 e. The quantitative estimate of drug-likeness (QED) is 0.887. The van der Waals surface area contributed by atoms with Crippen molar-refractivity contribution < 1.29 is 9.59 Å². The van der Waals surface area contributed by atoms with E-state index >= 15 is 0 Å². The lowest BCUT2D eigenvalue weighted by molar-refractivity contribution is -0.117. The van der Waals surface area contributed by atoms with E-state index in [0.29, 0.717) is 18.5 Å². The summed E-state index contributed by atoms with van der Waals surface area (Å²) in [5.41, 5.74) is 4.02. The fourth-order valence-corrected chi connectivity index (χ4v) is 2.53. The standard InChI is InChI=1S/C16H21N3O2/c1-9(5-7-11(3)20)13-14-12(8-6-10(2)18-14)19-15(13)16(21)17-4/h6,8-9,19H,5,7H2,1-4H3,(H,17,21)/t9-/m1/s1. The molecule has 0 saturated carbocycles. The lowest BCUT2D eigenvalue weighted by Crippen LogP contribution is -2.20. The first-order valence-corrected chi connectivity index (χ1v) is 7.14. The Morgan fingerprint density at radius 3 is 2.71 bits per heavy atom. The van der Waals surface area contributed by atoms with Crippen LogP contribution in [0, 0.1) is 6.92 Å². The molecule has 1 amide bonds. The summed E-state index contributed by atoms with van der Waals surface area (Å²) in [5.74, 6) is 0.0897. The maximum absolute atomic E-state index is 12.1. The molecule has 2 rings (SSSR count). The van der Waals surface area contributed by atoms with Crippen LogP contribution in [-0.2, 0) is 4.79 Å². The average Bonchev–Trinajstić information content (AvgIpc) is 2.82. The number of nitrogens with one attached hydrogen (secondary N) is 2. The number of ketones is 1. The highest BCUT2D eigenvalue weighted by atomic mass is 16.1. The molecule has 2 aromatic rings. The van der Waals surface area contributed by atoms with Gasteiger partial charge in [0.15, 0.2) is 0 Å². The number of fused-ring (bicyclic) bond motifs is 1. The molecule has 1 atom stereocenters. The molecule has 2 aromatic heterocycles. The fourth-order valence-electron chi connectivity index (χ4n) is 2.53. The number of Topliss-reactive ketones (excluding diaryl/α,β-unsaturated/α-hetero) is 1. The Hall–Kier alpha value is -2.17. The highest BCUT2D eigenvalue weighted by molar-refractivity contribution is 6.00. The Balaban J connectivity index is 2.53. The number of aromatic nitrogens is 2. The van der Waals surface area contributed by atoms with Crippen LogP contribution in [0.25, 0.3) is 11.0 Å². The van der Waals surface area contributed by atoms with E-state index in [2.05, 4.69) is 15.3 Å².